The fraction of sp³-hybridized carbons (Fsp3) is 0. The minimum Gasteiger partial charge on any atom is -0.454 e. The number of aromatic nitrogens is 1. The Kier molecular flexibility index (Phi) is 5.01. The summed E-state index contributed by atoms with van der Waals surface area (Å²) in [7, 11) is 0. The van der Waals surface area contributed by atoms with E-state index in [1.54, 1.807) is 0 Å². The number of furan rings is 1. The first-order chi connectivity index (χ1) is 19.3. The number of hydrogen-bond acceptors (Lipinski definition) is 1. The molecule has 0 amide bonds. The van der Waals surface area contributed by atoms with E-state index in [9.17, 15) is 0 Å². The summed E-state index contributed by atoms with van der Waals surface area (Å²) in [4.78, 5) is 0. The van der Waals surface area contributed by atoms with Crippen LogP contribution in [0.1, 0.15) is 0 Å². The summed E-state index contributed by atoms with van der Waals surface area (Å²) in [6, 6.07) is 47.4. The van der Waals surface area contributed by atoms with Gasteiger partial charge in [0.25, 0.3) is 0 Å². The third-order valence-corrected chi connectivity index (χ3v) is 8.32. The van der Waals surface area contributed by atoms with Gasteiger partial charge in [-0.05, 0) is 69.0 Å². The zero-order valence-electron chi connectivity index (χ0n) is 20.9. The highest BCUT2D eigenvalue weighted by atomic mass is 79.9. The number of fused-ring (bicyclic) bond motifs is 6. The van der Waals surface area contributed by atoms with Crippen LogP contribution in [0.4, 0.5) is 0 Å². The molecule has 0 spiro atoms. The number of nitrogens with zero attached hydrogens (tertiary/aromatic N) is 1. The molecule has 0 aliphatic carbocycles. The van der Waals surface area contributed by atoms with Crippen LogP contribution in [0.3, 0.4) is 0 Å². The van der Waals surface area contributed by atoms with Gasteiger partial charge in [0.15, 0.2) is 0 Å². The zero-order valence-corrected chi connectivity index (χ0v) is 22.5. The van der Waals surface area contributed by atoms with Crippen molar-refractivity contribution in [1.29, 1.82) is 0 Å². The Morgan fingerprint density at radius 2 is 1.10 bits per heavy atom. The summed E-state index contributed by atoms with van der Waals surface area (Å²) in [5.74, 6) is 0. The largest absolute Gasteiger partial charge is 0.454 e. The third kappa shape index (κ3) is 3.47. The van der Waals surface area contributed by atoms with Crippen molar-refractivity contribution in [2.75, 3.05) is 0 Å². The molecular weight excluding hydrogens is 542 g/mol. The maximum atomic E-state index is 6.36. The predicted molar refractivity (Wildman–Crippen MR) is 167 cm³/mol. The van der Waals surface area contributed by atoms with E-state index in [0.717, 1.165) is 37.5 Å². The van der Waals surface area contributed by atoms with Crippen molar-refractivity contribution < 1.29 is 4.42 Å². The molecule has 0 atom stereocenters. The smallest absolute Gasteiger partial charge is 0.149 e. The van der Waals surface area contributed by atoms with Crippen LogP contribution in [0.5, 0.6) is 0 Å². The van der Waals surface area contributed by atoms with Crippen molar-refractivity contribution in [1.82, 2.24) is 4.57 Å². The Hall–Kier alpha value is -4.60. The summed E-state index contributed by atoms with van der Waals surface area (Å²) in [6.45, 7) is 0. The molecule has 0 N–H and O–H groups in total. The fourth-order valence-corrected chi connectivity index (χ4v) is 6.31. The van der Waals surface area contributed by atoms with Crippen LogP contribution in [-0.2, 0) is 0 Å². The number of hydrogen-bond donors (Lipinski definition) is 0. The first kappa shape index (κ1) is 22.4. The molecule has 8 aromatic rings. The molecule has 0 aliphatic heterocycles. The lowest BCUT2D eigenvalue weighted by atomic mass is 9.98. The lowest BCUT2D eigenvalue weighted by molar-refractivity contribution is 0.668. The van der Waals surface area contributed by atoms with Gasteiger partial charge in [-0.15, -0.1) is 0 Å². The van der Waals surface area contributed by atoms with Gasteiger partial charge in [-0.1, -0.05) is 97.1 Å². The Morgan fingerprint density at radius 3 is 1.95 bits per heavy atom. The fourth-order valence-electron chi connectivity index (χ4n) is 5.86. The first-order valence-electron chi connectivity index (χ1n) is 13.1. The molecule has 8 rings (SSSR count). The number of rotatable bonds is 3. The van der Waals surface area contributed by atoms with Crippen LogP contribution >= 0.6 is 15.9 Å². The average molecular weight is 564 g/mol. The van der Waals surface area contributed by atoms with Gasteiger partial charge in [-0.3, -0.25) is 0 Å². The second-order valence-electron chi connectivity index (χ2n) is 9.90. The first-order valence-corrected chi connectivity index (χ1v) is 13.8. The van der Waals surface area contributed by atoms with Gasteiger partial charge in [-0.25, -0.2) is 0 Å². The van der Waals surface area contributed by atoms with E-state index in [2.05, 4.69) is 148 Å². The van der Waals surface area contributed by atoms with E-state index in [1.165, 1.54) is 38.6 Å². The Morgan fingerprint density at radius 1 is 0.462 bits per heavy atom. The van der Waals surface area contributed by atoms with Crippen molar-refractivity contribution >= 4 is 59.7 Å². The highest BCUT2D eigenvalue weighted by Crippen LogP contribution is 2.39. The van der Waals surface area contributed by atoms with E-state index in [1.807, 2.05) is 6.07 Å². The van der Waals surface area contributed by atoms with Crippen molar-refractivity contribution in [2.24, 2.45) is 0 Å². The average Bonchev–Trinajstić information content (AvgIpc) is 3.54. The topological polar surface area (TPSA) is 18.1 Å². The molecule has 0 saturated carbocycles. The highest BCUT2D eigenvalue weighted by molar-refractivity contribution is 9.10. The lowest BCUT2D eigenvalue weighted by Gasteiger charge is -2.09. The Balaban J connectivity index is 1.24. The van der Waals surface area contributed by atoms with Crippen LogP contribution < -0.4 is 0 Å². The van der Waals surface area contributed by atoms with E-state index in [-0.39, 0.29) is 0 Å². The van der Waals surface area contributed by atoms with Crippen LogP contribution in [0.15, 0.2) is 142 Å². The second kappa shape index (κ2) is 8.72. The monoisotopic (exact) mass is 563 g/mol. The van der Waals surface area contributed by atoms with Gasteiger partial charge < -0.3 is 8.98 Å². The molecule has 3 heteroatoms. The maximum Gasteiger partial charge on any atom is 0.149 e. The highest BCUT2D eigenvalue weighted by Gasteiger charge is 2.15. The molecule has 2 heterocycles. The zero-order chi connectivity index (χ0) is 25.9. The van der Waals surface area contributed by atoms with E-state index in [0.29, 0.717) is 0 Å². The molecule has 2 aromatic heterocycles. The molecule has 0 aliphatic rings. The molecule has 6 aromatic carbocycles. The quantitative estimate of drug-likeness (QED) is 0.209. The third-order valence-electron chi connectivity index (χ3n) is 7.69. The van der Waals surface area contributed by atoms with Crippen LogP contribution in [0, 0.1) is 0 Å². The van der Waals surface area contributed by atoms with Crippen LogP contribution in [0.25, 0.3) is 71.7 Å². The lowest BCUT2D eigenvalue weighted by Crippen LogP contribution is -1.92. The van der Waals surface area contributed by atoms with Gasteiger partial charge in [0.05, 0.1) is 15.5 Å². The van der Waals surface area contributed by atoms with Gasteiger partial charge in [0, 0.05) is 32.8 Å². The summed E-state index contributed by atoms with van der Waals surface area (Å²) < 4.78 is 9.69. The SMILES string of the molecule is Brc1cccc2c1oc1c(-c3ccc(-c4ccc5c(c4)c4ccccc4n5-c4ccccc4)cc3)cccc12. The summed E-state index contributed by atoms with van der Waals surface area (Å²) in [5.41, 5.74) is 10.1. The summed E-state index contributed by atoms with van der Waals surface area (Å²) in [6.07, 6.45) is 0. The molecule has 39 heavy (non-hydrogen) atoms. The molecular formula is C36H22BrNO. The van der Waals surface area contributed by atoms with Gasteiger partial charge >= 0.3 is 0 Å². The van der Waals surface area contributed by atoms with E-state index in [4.69, 9.17) is 4.42 Å². The molecule has 0 unspecified atom stereocenters. The predicted octanol–water partition coefficient (Wildman–Crippen LogP) is 10.8. The molecule has 0 fully saturated rings. The van der Waals surface area contributed by atoms with Crippen LogP contribution in [0.2, 0.25) is 0 Å². The number of benzene rings is 6. The normalized spacial score (nSPS) is 11.7. The Bertz CT molecular complexity index is 2170. The molecule has 184 valence electrons. The number of para-hydroxylation sites is 4. The Labute approximate surface area is 233 Å². The van der Waals surface area contributed by atoms with Crippen molar-refractivity contribution in [3.05, 3.63) is 138 Å². The van der Waals surface area contributed by atoms with Gasteiger partial charge in [0.1, 0.15) is 11.2 Å². The summed E-state index contributed by atoms with van der Waals surface area (Å²) in [5, 5.41) is 4.78. The minimum absolute atomic E-state index is 0.888. The van der Waals surface area contributed by atoms with Gasteiger partial charge in [0.2, 0.25) is 0 Å². The van der Waals surface area contributed by atoms with Gasteiger partial charge in [-0.2, -0.15) is 0 Å². The van der Waals surface area contributed by atoms with E-state index >= 15 is 0 Å². The van der Waals surface area contributed by atoms with Crippen molar-refractivity contribution in [3.8, 4) is 27.9 Å². The maximum absolute atomic E-state index is 6.36. The van der Waals surface area contributed by atoms with Crippen molar-refractivity contribution in [3.63, 3.8) is 0 Å². The minimum atomic E-state index is 0.888. The molecule has 0 saturated heterocycles. The van der Waals surface area contributed by atoms with Crippen LogP contribution in [-0.4, -0.2) is 4.57 Å². The molecule has 0 radical (unpaired) electrons. The van der Waals surface area contributed by atoms with Crippen molar-refractivity contribution in [2.45, 2.75) is 0 Å². The molecule has 2 nitrogen and oxygen atoms in total. The number of halogens is 1. The van der Waals surface area contributed by atoms with E-state index < -0.39 is 0 Å². The second-order valence-corrected chi connectivity index (χ2v) is 10.8. The standard InChI is InChI=1S/C36H22BrNO/c37-32-14-7-13-30-29-12-6-11-27(35(29)39-36(30)32)24-18-16-23(17-19-24)25-20-21-34-31(22-25)28-10-4-5-15-33(28)38(34)26-8-2-1-3-9-26/h1-22H. The molecule has 0 bridgehead atoms. The summed E-state index contributed by atoms with van der Waals surface area (Å²) >= 11 is 3.64.